The number of fused-ring (bicyclic) bond motifs is 2. The van der Waals surface area contributed by atoms with Crippen molar-refractivity contribution in [2.45, 2.75) is 76.8 Å². The molecule has 2 nitrogen and oxygen atoms in total. The topological polar surface area (TPSA) is 20.3 Å². The van der Waals surface area contributed by atoms with Crippen molar-refractivity contribution in [2.75, 3.05) is 0 Å². The van der Waals surface area contributed by atoms with Crippen molar-refractivity contribution in [1.29, 1.82) is 0 Å². The molecule has 3 aliphatic rings. The second-order valence-electron chi connectivity index (χ2n) is 6.04. The van der Waals surface area contributed by atoms with Crippen LogP contribution in [0, 0.1) is 5.41 Å². The molecule has 1 amide bonds. The quantitative estimate of drug-likeness (QED) is 0.623. The van der Waals surface area contributed by atoms with Gasteiger partial charge in [-0.05, 0) is 37.5 Å². The molecule has 0 aromatic heterocycles. The Kier molecular flexibility index (Phi) is 2.49. The molecule has 2 saturated heterocycles. The van der Waals surface area contributed by atoms with Gasteiger partial charge in [0.25, 0.3) is 0 Å². The van der Waals surface area contributed by atoms with Crippen molar-refractivity contribution >= 4 is 5.91 Å². The fraction of sp³-hybridized carbons (Fsp3) is 0.929. The van der Waals surface area contributed by atoms with Gasteiger partial charge in [0.05, 0.1) is 0 Å². The molecule has 2 heteroatoms. The Morgan fingerprint density at radius 2 is 2.00 bits per heavy atom. The van der Waals surface area contributed by atoms with Gasteiger partial charge in [0.15, 0.2) is 0 Å². The fourth-order valence-corrected chi connectivity index (χ4v) is 4.40. The van der Waals surface area contributed by atoms with Gasteiger partial charge in [-0.2, -0.15) is 0 Å². The summed E-state index contributed by atoms with van der Waals surface area (Å²) in [6.07, 6.45) is 11.6. The molecule has 0 aromatic carbocycles. The summed E-state index contributed by atoms with van der Waals surface area (Å²) in [6, 6.07) is 1.19. The van der Waals surface area contributed by atoms with Crippen LogP contribution in [0.15, 0.2) is 0 Å². The maximum Gasteiger partial charge on any atom is 0.225 e. The monoisotopic (exact) mass is 221 g/mol. The summed E-state index contributed by atoms with van der Waals surface area (Å²) in [7, 11) is 0. The molecule has 0 radical (unpaired) electrons. The summed E-state index contributed by atoms with van der Waals surface area (Å²) in [4.78, 5) is 14.0. The summed E-state index contributed by atoms with van der Waals surface area (Å²) in [6.45, 7) is 2.23. The Labute approximate surface area is 98.4 Å². The fourth-order valence-electron chi connectivity index (χ4n) is 4.40. The molecule has 16 heavy (non-hydrogen) atoms. The lowest BCUT2D eigenvalue weighted by atomic mass is 9.59. The van der Waals surface area contributed by atoms with Gasteiger partial charge in [-0.1, -0.05) is 26.2 Å². The molecule has 2 heterocycles. The van der Waals surface area contributed by atoms with Crippen LogP contribution in [0.4, 0.5) is 0 Å². The van der Waals surface area contributed by atoms with Crippen LogP contribution in [0.25, 0.3) is 0 Å². The number of carbonyl (C=O) groups excluding carboxylic acids is 1. The maximum atomic E-state index is 11.8. The second kappa shape index (κ2) is 3.75. The number of hydrogen-bond acceptors (Lipinski definition) is 1. The van der Waals surface area contributed by atoms with E-state index >= 15 is 0 Å². The third-order valence-corrected chi connectivity index (χ3v) is 5.39. The highest BCUT2D eigenvalue weighted by Gasteiger charge is 2.55. The summed E-state index contributed by atoms with van der Waals surface area (Å²) < 4.78 is 0. The third-order valence-electron chi connectivity index (χ3n) is 5.39. The van der Waals surface area contributed by atoms with Gasteiger partial charge in [-0.3, -0.25) is 4.79 Å². The standard InChI is InChI=1S/C14H23NO/c1-2-11-6-9-14(7-4-3-5-8-14)12-10-13(16)15(11)12/h11-12H,2-10H2,1H3/t11-,12+/m1/s1. The van der Waals surface area contributed by atoms with E-state index in [1.165, 1.54) is 44.9 Å². The van der Waals surface area contributed by atoms with Gasteiger partial charge >= 0.3 is 0 Å². The summed E-state index contributed by atoms with van der Waals surface area (Å²) in [5, 5.41) is 0. The lowest BCUT2D eigenvalue weighted by molar-refractivity contribution is -0.170. The molecule has 1 aliphatic carbocycles. The lowest BCUT2D eigenvalue weighted by Gasteiger charge is -2.60. The SMILES string of the molecule is CC[C@@H]1CCC2(CCCCC2)[C@@H]2CC(=O)N12. The number of carbonyl (C=O) groups is 1. The smallest absolute Gasteiger partial charge is 0.225 e. The number of β-lactam (4-membered cyclic amide) rings is 1. The first-order valence-electron chi connectivity index (χ1n) is 7.08. The van der Waals surface area contributed by atoms with Crippen molar-refractivity contribution in [3.63, 3.8) is 0 Å². The van der Waals surface area contributed by atoms with Gasteiger partial charge in [0.2, 0.25) is 5.91 Å². The molecule has 2 atom stereocenters. The van der Waals surface area contributed by atoms with E-state index < -0.39 is 0 Å². The molecule has 2 aliphatic heterocycles. The van der Waals surface area contributed by atoms with Gasteiger partial charge in [0, 0.05) is 18.5 Å². The highest BCUT2D eigenvalue weighted by molar-refractivity contribution is 5.84. The van der Waals surface area contributed by atoms with Gasteiger partial charge in [0.1, 0.15) is 0 Å². The first-order valence-corrected chi connectivity index (χ1v) is 7.08. The van der Waals surface area contributed by atoms with E-state index in [0.29, 0.717) is 23.4 Å². The molecule has 3 rings (SSSR count). The number of piperidine rings is 1. The minimum absolute atomic E-state index is 0.432. The zero-order valence-electron chi connectivity index (χ0n) is 10.4. The zero-order valence-corrected chi connectivity index (χ0v) is 10.4. The van der Waals surface area contributed by atoms with Crippen molar-refractivity contribution < 1.29 is 4.79 Å². The van der Waals surface area contributed by atoms with Crippen LogP contribution in [-0.4, -0.2) is 22.9 Å². The van der Waals surface area contributed by atoms with Crippen LogP contribution in [0.3, 0.4) is 0 Å². The predicted octanol–water partition coefficient (Wildman–Crippen LogP) is 3.11. The summed E-state index contributed by atoms with van der Waals surface area (Å²) >= 11 is 0. The van der Waals surface area contributed by atoms with Crippen molar-refractivity contribution in [1.82, 2.24) is 4.90 Å². The number of rotatable bonds is 1. The number of nitrogens with zero attached hydrogens (tertiary/aromatic N) is 1. The molecule has 90 valence electrons. The second-order valence-corrected chi connectivity index (χ2v) is 6.04. The van der Waals surface area contributed by atoms with Crippen LogP contribution in [0.2, 0.25) is 0 Å². The first-order chi connectivity index (χ1) is 7.77. The summed E-state index contributed by atoms with van der Waals surface area (Å²) in [5.41, 5.74) is 0.540. The molecule has 1 spiro atoms. The average Bonchev–Trinajstić information content (AvgIpc) is 2.31. The van der Waals surface area contributed by atoms with E-state index in [9.17, 15) is 4.79 Å². The van der Waals surface area contributed by atoms with Crippen molar-refractivity contribution in [3.05, 3.63) is 0 Å². The van der Waals surface area contributed by atoms with Crippen LogP contribution in [0.5, 0.6) is 0 Å². The van der Waals surface area contributed by atoms with E-state index in [4.69, 9.17) is 0 Å². The third kappa shape index (κ3) is 1.34. The van der Waals surface area contributed by atoms with E-state index in [0.717, 1.165) is 12.8 Å². The van der Waals surface area contributed by atoms with E-state index in [1.54, 1.807) is 0 Å². The zero-order chi connectivity index (χ0) is 11.2. The van der Waals surface area contributed by atoms with E-state index in [1.807, 2.05) is 0 Å². The molecule has 0 unspecified atom stereocenters. The Balaban J connectivity index is 1.81. The molecular formula is C14H23NO. The average molecular weight is 221 g/mol. The highest BCUT2D eigenvalue weighted by atomic mass is 16.2. The van der Waals surface area contributed by atoms with Crippen LogP contribution in [0.1, 0.15) is 64.7 Å². The van der Waals surface area contributed by atoms with Gasteiger partial charge < -0.3 is 4.90 Å². The molecule has 1 saturated carbocycles. The van der Waals surface area contributed by atoms with Gasteiger partial charge in [-0.15, -0.1) is 0 Å². The van der Waals surface area contributed by atoms with Crippen molar-refractivity contribution in [2.24, 2.45) is 5.41 Å². The Morgan fingerprint density at radius 3 is 2.62 bits per heavy atom. The first kappa shape index (κ1) is 10.6. The molecule has 0 bridgehead atoms. The Hall–Kier alpha value is -0.530. The van der Waals surface area contributed by atoms with E-state index in [-0.39, 0.29) is 0 Å². The van der Waals surface area contributed by atoms with Crippen LogP contribution >= 0.6 is 0 Å². The van der Waals surface area contributed by atoms with Crippen LogP contribution in [-0.2, 0) is 4.79 Å². The van der Waals surface area contributed by atoms with E-state index in [2.05, 4.69) is 11.8 Å². The molecule has 3 fully saturated rings. The predicted molar refractivity (Wildman–Crippen MR) is 64.1 cm³/mol. The molecule has 0 aromatic rings. The number of amides is 1. The largest absolute Gasteiger partial charge is 0.336 e. The maximum absolute atomic E-state index is 11.8. The van der Waals surface area contributed by atoms with Crippen molar-refractivity contribution in [3.8, 4) is 0 Å². The highest BCUT2D eigenvalue weighted by Crippen LogP contribution is 2.53. The Morgan fingerprint density at radius 1 is 1.25 bits per heavy atom. The molecular weight excluding hydrogens is 198 g/mol. The lowest BCUT2D eigenvalue weighted by Crippen LogP contribution is -2.67. The van der Waals surface area contributed by atoms with Crippen LogP contribution < -0.4 is 0 Å². The van der Waals surface area contributed by atoms with Gasteiger partial charge in [-0.25, -0.2) is 0 Å². The Bertz CT molecular complexity index is 293. The minimum atomic E-state index is 0.432. The minimum Gasteiger partial charge on any atom is -0.336 e. The molecule has 0 N–H and O–H groups in total. The number of hydrogen-bond donors (Lipinski definition) is 0. The normalized spacial score (nSPS) is 37.1. The summed E-state index contributed by atoms with van der Waals surface area (Å²) in [5.74, 6) is 0.432.